The van der Waals surface area contributed by atoms with E-state index in [2.05, 4.69) is 25.9 Å². The summed E-state index contributed by atoms with van der Waals surface area (Å²) in [6, 6.07) is 7.26. The fraction of sp³-hybridized carbons (Fsp3) is 0.294. The molecule has 0 bridgehead atoms. The highest BCUT2D eigenvalue weighted by atomic mass is 79.9. The number of oxazole rings is 1. The number of fused-ring (bicyclic) bond motifs is 1. The number of hydrogen-bond donors (Lipinski definition) is 1. The van der Waals surface area contributed by atoms with E-state index in [1.165, 1.54) is 0 Å². The molecule has 1 fully saturated rings. The minimum absolute atomic E-state index is 0.0310. The molecule has 0 aliphatic carbocycles. The van der Waals surface area contributed by atoms with Crippen LogP contribution < -0.4 is 0 Å². The van der Waals surface area contributed by atoms with E-state index >= 15 is 0 Å². The van der Waals surface area contributed by atoms with Crippen molar-refractivity contribution in [3.05, 3.63) is 51.5 Å². The molecule has 24 heavy (non-hydrogen) atoms. The van der Waals surface area contributed by atoms with Crippen LogP contribution in [0.4, 0.5) is 0 Å². The van der Waals surface area contributed by atoms with Crippen LogP contribution in [0.1, 0.15) is 35.1 Å². The molecular formula is C17H15BrClN3O2. The van der Waals surface area contributed by atoms with E-state index in [1.807, 2.05) is 17.0 Å². The smallest absolute Gasteiger partial charge is 0.270 e. The molecule has 0 unspecified atom stereocenters. The van der Waals surface area contributed by atoms with E-state index in [4.69, 9.17) is 16.0 Å². The highest BCUT2D eigenvalue weighted by Crippen LogP contribution is 2.31. The first-order valence-corrected chi connectivity index (χ1v) is 8.96. The largest absolute Gasteiger partial charge is 0.440 e. The summed E-state index contributed by atoms with van der Waals surface area (Å²) in [4.78, 5) is 21.9. The van der Waals surface area contributed by atoms with Crippen molar-refractivity contribution >= 4 is 44.5 Å². The van der Waals surface area contributed by atoms with Gasteiger partial charge in [0.25, 0.3) is 5.91 Å². The van der Waals surface area contributed by atoms with Gasteiger partial charge in [0.15, 0.2) is 11.5 Å². The van der Waals surface area contributed by atoms with Gasteiger partial charge in [-0.1, -0.05) is 11.6 Å². The molecule has 1 saturated heterocycles. The molecule has 3 aromatic rings. The second kappa shape index (κ2) is 6.26. The summed E-state index contributed by atoms with van der Waals surface area (Å²) < 4.78 is 6.74. The first-order valence-electron chi connectivity index (χ1n) is 7.79. The quantitative estimate of drug-likeness (QED) is 0.674. The summed E-state index contributed by atoms with van der Waals surface area (Å²) in [6.45, 7) is 1.39. The van der Waals surface area contributed by atoms with Crippen LogP contribution in [0.2, 0.25) is 5.02 Å². The monoisotopic (exact) mass is 407 g/mol. The molecular weight excluding hydrogens is 394 g/mol. The number of nitrogens with one attached hydrogen (secondary N) is 1. The maximum atomic E-state index is 12.5. The first kappa shape index (κ1) is 15.7. The number of benzene rings is 1. The Morgan fingerprint density at radius 3 is 2.83 bits per heavy atom. The van der Waals surface area contributed by atoms with Gasteiger partial charge < -0.3 is 14.3 Å². The van der Waals surface area contributed by atoms with E-state index in [0.29, 0.717) is 23.8 Å². The van der Waals surface area contributed by atoms with Crippen LogP contribution >= 0.6 is 27.5 Å². The summed E-state index contributed by atoms with van der Waals surface area (Å²) in [5, 5.41) is 0.653. The summed E-state index contributed by atoms with van der Waals surface area (Å²) in [6.07, 6.45) is 3.45. The summed E-state index contributed by atoms with van der Waals surface area (Å²) in [5.74, 6) is 1.00. The molecule has 7 heteroatoms. The van der Waals surface area contributed by atoms with E-state index in [1.54, 1.807) is 18.3 Å². The number of likely N-dealkylation sites (tertiary alicyclic amines) is 1. The lowest BCUT2D eigenvalue weighted by atomic mass is 9.96. The summed E-state index contributed by atoms with van der Waals surface area (Å²) >= 11 is 9.35. The van der Waals surface area contributed by atoms with Gasteiger partial charge in [-0.05, 0) is 53.0 Å². The number of H-pyrrole nitrogens is 1. The Labute approximate surface area is 152 Å². The van der Waals surface area contributed by atoms with Crippen molar-refractivity contribution in [3.8, 4) is 0 Å². The minimum atomic E-state index is 0.0310. The molecule has 5 nitrogen and oxygen atoms in total. The molecule has 3 heterocycles. The van der Waals surface area contributed by atoms with Crippen molar-refractivity contribution in [2.24, 2.45) is 0 Å². The lowest BCUT2D eigenvalue weighted by Crippen LogP contribution is -2.38. The highest BCUT2D eigenvalue weighted by Gasteiger charge is 2.28. The lowest BCUT2D eigenvalue weighted by molar-refractivity contribution is 0.0701. The third-order valence-corrected chi connectivity index (χ3v) is 5.07. The number of aromatic nitrogens is 2. The van der Waals surface area contributed by atoms with Gasteiger partial charge in [-0.3, -0.25) is 4.79 Å². The van der Waals surface area contributed by atoms with E-state index in [-0.39, 0.29) is 11.8 Å². The van der Waals surface area contributed by atoms with E-state index in [9.17, 15) is 4.79 Å². The average molecular weight is 409 g/mol. The number of rotatable bonds is 2. The van der Waals surface area contributed by atoms with Gasteiger partial charge in [-0.15, -0.1) is 0 Å². The van der Waals surface area contributed by atoms with Crippen molar-refractivity contribution in [2.75, 3.05) is 13.1 Å². The molecule has 0 radical (unpaired) electrons. The molecule has 1 aliphatic heterocycles. The Morgan fingerprint density at radius 2 is 2.12 bits per heavy atom. The fourth-order valence-corrected chi connectivity index (χ4v) is 3.59. The third kappa shape index (κ3) is 2.96. The third-order valence-electron chi connectivity index (χ3n) is 4.38. The molecule has 1 amide bonds. The zero-order chi connectivity index (χ0) is 16.7. The molecule has 1 aromatic carbocycles. The number of aromatic amines is 1. The van der Waals surface area contributed by atoms with Crippen LogP contribution in [-0.2, 0) is 0 Å². The molecule has 4 rings (SSSR count). The molecule has 0 spiro atoms. The Balaban J connectivity index is 1.46. The summed E-state index contributed by atoms with van der Waals surface area (Å²) in [5.41, 5.74) is 2.15. The average Bonchev–Trinajstić information content (AvgIpc) is 3.20. The normalized spacial score (nSPS) is 16.0. The first-order chi connectivity index (χ1) is 11.6. The van der Waals surface area contributed by atoms with Gasteiger partial charge >= 0.3 is 0 Å². The van der Waals surface area contributed by atoms with Gasteiger partial charge in [0.05, 0.1) is 0 Å². The van der Waals surface area contributed by atoms with Gasteiger partial charge in [0.2, 0.25) is 0 Å². The minimum Gasteiger partial charge on any atom is -0.440 e. The summed E-state index contributed by atoms with van der Waals surface area (Å²) in [7, 11) is 0. The van der Waals surface area contributed by atoms with Crippen molar-refractivity contribution in [1.82, 2.24) is 14.9 Å². The number of amides is 1. The Kier molecular flexibility index (Phi) is 4.10. The van der Waals surface area contributed by atoms with Crippen LogP contribution in [0, 0.1) is 0 Å². The Bertz CT molecular complexity index is 896. The van der Waals surface area contributed by atoms with Crippen molar-refractivity contribution in [3.63, 3.8) is 0 Å². The number of piperidine rings is 1. The van der Waals surface area contributed by atoms with Gasteiger partial charge in [-0.25, -0.2) is 4.98 Å². The SMILES string of the molecule is O=C(c1cc(Br)c[nH]1)N1CCC(c2nc3cc(Cl)ccc3o2)CC1. The topological polar surface area (TPSA) is 62.1 Å². The second-order valence-corrected chi connectivity index (χ2v) is 7.31. The predicted octanol–water partition coefficient (Wildman–Crippen LogP) is 4.59. The zero-order valence-corrected chi connectivity index (χ0v) is 15.1. The molecule has 0 saturated carbocycles. The fourth-order valence-electron chi connectivity index (χ4n) is 3.08. The van der Waals surface area contributed by atoms with Crippen molar-refractivity contribution < 1.29 is 9.21 Å². The molecule has 0 atom stereocenters. The number of carbonyl (C=O) groups excluding carboxylic acids is 1. The van der Waals surface area contributed by atoms with Crippen LogP contribution in [0.15, 0.2) is 39.4 Å². The van der Waals surface area contributed by atoms with Gasteiger partial charge in [-0.2, -0.15) is 0 Å². The molecule has 1 aliphatic rings. The van der Waals surface area contributed by atoms with Crippen LogP contribution in [-0.4, -0.2) is 33.9 Å². The van der Waals surface area contributed by atoms with Crippen LogP contribution in [0.5, 0.6) is 0 Å². The second-order valence-electron chi connectivity index (χ2n) is 5.96. The Morgan fingerprint density at radius 1 is 1.33 bits per heavy atom. The Hall–Kier alpha value is -1.79. The van der Waals surface area contributed by atoms with Crippen LogP contribution in [0.3, 0.4) is 0 Å². The van der Waals surface area contributed by atoms with Gasteiger partial charge in [0, 0.05) is 34.7 Å². The maximum Gasteiger partial charge on any atom is 0.270 e. The standard InChI is InChI=1S/C17H15BrClN3O2/c18-11-7-14(20-9-11)17(23)22-5-3-10(4-6-22)16-21-13-8-12(19)1-2-15(13)24-16/h1-2,7-10,20H,3-6H2. The zero-order valence-electron chi connectivity index (χ0n) is 12.8. The number of nitrogens with zero attached hydrogens (tertiary/aromatic N) is 2. The predicted molar refractivity (Wildman–Crippen MR) is 95.4 cm³/mol. The molecule has 1 N–H and O–H groups in total. The van der Waals surface area contributed by atoms with E-state index in [0.717, 1.165) is 34.3 Å². The van der Waals surface area contributed by atoms with Gasteiger partial charge in [0.1, 0.15) is 11.2 Å². The number of hydrogen-bond acceptors (Lipinski definition) is 3. The number of halogens is 2. The maximum absolute atomic E-state index is 12.5. The van der Waals surface area contributed by atoms with Crippen molar-refractivity contribution in [2.45, 2.75) is 18.8 Å². The lowest BCUT2D eigenvalue weighted by Gasteiger charge is -2.30. The van der Waals surface area contributed by atoms with Crippen LogP contribution in [0.25, 0.3) is 11.1 Å². The molecule has 124 valence electrons. The van der Waals surface area contributed by atoms with E-state index < -0.39 is 0 Å². The molecule has 2 aromatic heterocycles. The van der Waals surface area contributed by atoms with Crippen molar-refractivity contribution in [1.29, 1.82) is 0 Å². The number of carbonyl (C=O) groups is 1. The highest BCUT2D eigenvalue weighted by molar-refractivity contribution is 9.10.